The molecule has 1 saturated heterocycles. The van der Waals surface area contributed by atoms with Crippen molar-refractivity contribution < 1.29 is 23.1 Å². The number of anilines is 1. The topological polar surface area (TPSA) is 58.6 Å². The number of carbonyl (C=O) groups excluding carboxylic acids is 2. The maximum Gasteiger partial charge on any atom is 0.387 e. The van der Waals surface area contributed by atoms with E-state index < -0.39 is 6.61 Å². The van der Waals surface area contributed by atoms with E-state index in [1.54, 1.807) is 18.2 Å². The number of likely N-dealkylation sites (tertiary alicyclic amines) is 1. The summed E-state index contributed by atoms with van der Waals surface area (Å²) in [6, 6.07) is 13.4. The SMILES string of the molecule is O=C(Cc1ccc(OC(F)F)cc1)Nc1cccc(CN2CCCC2=O)c1. The number of ether oxygens (including phenoxy) is 1. The predicted octanol–water partition coefficient (Wildman–Crippen LogP) is 3.59. The highest BCUT2D eigenvalue weighted by Crippen LogP contribution is 2.18. The summed E-state index contributed by atoms with van der Waals surface area (Å²) in [5.41, 5.74) is 2.30. The van der Waals surface area contributed by atoms with Gasteiger partial charge in [0.05, 0.1) is 6.42 Å². The Kier molecular flexibility index (Phi) is 6.01. The van der Waals surface area contributed by atoms with Crippen molar-refractivity contribution in [1.82, 2.24) is 4.90 Å². The fourth-order valence-electron chi connectivity index (χ4n) is 3.02. The molecule has 1 heterocycles. The van der Waals surface area contributed by atoms with Crippen molar-refractivity contribution in [2.45, 2.75) is 32.4 Å². The zero-order chi connectivity index (χ0) is 19.2. The highest BCUT2D eigenvalue weighted by Gasteiger charge is 2.20. The maximum atomic E-state index is 12.2. The summed E-state index contributed by atoms with van der Waals surface area (Å²) < 4.78 is 28.6. The first kappa shape index (κ1) is 18.8. The summed E-state index contributed by atoms with van der Waals surface area (Å²) in [5.74, 6) is -0.00560. The van der Waals surface area contributed by atoms with Gasteiger partial charge in [-0.05, 0) is 41.8 Å². The minimum absolute atomic E-state index is 0.0540. The molecule has 2 amide bonds. The van der Waals surface area contributed by atoms with E-state index in [4.69, 9.17) is 0 Å². The Labute approximate surface area is 155 Å². The summed E-state index contributed by atoms with van der Waals surface area (Å²) in [6.45, 7) is -1.57. The van der Waals surface area contributed by atoms with Crippen LogP contribution in [0.3, 0.4) is 0 Å². The van der Waals surface area contributed by atoms with Crippen LogP contribution in [0.25, 0.3) is 0 Å². The number of carbonyl (C=O) groups is 2. The molecule has 5 nitrogen and oxygen atoms in total. The Morgan fingerprint density at radius 2 is 1.93 bits per heavy atom. The van der Waals surface area contributed by atoms with Gasteiger partial charge >= 0.3 is 6.61 Å². The Bertz CT molecular complexity index is 809. The van der Waals surface area contributed by atoms with Gasteiger partial charge in [-0.3, -0.25) is 9.59 Å². The first-order valence-corrected chi connectivity index (χ1v) is 8.70. The van der Waals surface area contributed by atoms with Gasteiger partial charge in [0, 0.05) is 25.2 Å². The van der Waals surface area contributed by atoms with E-state index in [-0.39, 0.29) is 24.0 Å². The molecule has 142 valence electrons. The summed E-state index contributed by atoms with van der Waals surface area (Å²) in [5, 5.41) is 2.82. The van der Waals surface area contributed by atoms with Crippen LogP contribution in [-0.2, 0) is 22.6 Å². The second-order valence-corrected chi connectivity index (χ2v) is 6.37. The molecule has 0 aliphatic carbocycles. The fourth-order valence-corrected chi connectivity index (χ4v) is 3.02. The number of hydrogen-bond donors (Lipinski definition) is 1. The molecule has 0 saturated carbocycles. The molecule has 2 aromatic rings. The lowest BCUT2D eigenvalue weighted by molar-refractivity contribution is -0.128. The Morgan fingerprint density at radius 3 is 2.59 bits per heavy atom. The van der Waals surface area contributed by atoms with Gasteiger partial charge in [0.2, 0.25) is 11.8 Å². The third kappa shape index (κ3) is 5.51. The maximum absolute atomic E-state index is 12.2. The van der Waals surface area contributed by atoms with Gasteiger partial charge in [-0.1, -0.05) is 24.3 Å². The molecule has 0 aromatic heterocycles. The molecule has 3 rings (SSSR count). The first-order chi connectivity index (χ1) is 13.0. The Balaban J connectivity index is 1.56. The standard InChI is InChI=1S/C20H20F2N2O3/c21-20(22)27-17-8-6-14(7-9-17)12-18(25)23-16-4-1-3-15(11-16)13-24-10-2-5-19(24)26/h1,3-4,6-9,11,20H,2,5,10,12-13H2,(H,23,25). The molecule has 0 bridgehead atoms. The van der Waals surface area contributed by atoms with Crippen molar-refractivity contribution >= 4 is 17.5 Å². The van der Waals surface area contributed by atoms with Crippen LogP contribution < -0.4 is 10.1 Å². The normalized spacial score (nSPS) is 13.9. The minimum atomic E-state index is -2.87. The number of amides is 2. The van der Waals surface area contributed by atoms with Crippen LogP contribution in [0.5, 0.6) is 5.75 Å². The molecule has 1 aliphatic rings. The lowest BCUT2D eigenvalue weighted by Crippen LogP contribution is -2.23. The number of alkyl halides is 2. The van der Waals surface area contributed by atoms with Crippen molar-refractivity contribution in [1.29, 1.82) is 0 Å². The summed E-state index contributed by atoms with van der Waals surface area (Å²) in [4.78, 5) is 25.8. The van der Waals surface area contributed by atoms with Crippen molar-refractivity contribution in [3.05, 3.63) is 59.7 Å². The second kappa shape index (κ2) is 8.62. The Morgan fingerprint density at radius 1 is 1.15 bits per heavy atom. The highest BCUT2D eigenvalue weighted by atomic mass is 19.3. The van der Waals surface area contributed by atoms with E-state index >= 15 is 0 Å². The van der Waals surface area contributed by atoms with Crippen LogP contribution in [-0.4, -0.2) is 29.9 Å². The van der Waals surface area contributed by atoms with E-state index in [9.17, 15) is 18.4 Å². The number of benzene rings is 2. The third-order valence-corrected chi connectivity index (χ3v) is 4.27. The van der Waals surface area contributed by atoms with Gasteiger partial charge in [-0.25, -0.2) is 0 Å². The molecule has 27 heavy (non-hydrogen) atoms. The molecule has 1 N–H and O–H groups in total. The van der Waals surface area contributed by atoms with Gasteiger partial charge < -0.3 is 15.0 Å². The van der Waals surface area contributed by atoms with Gasteiger partial charge in [-0.2, -0.15) is 8.78 Å². The van der Waals surface area contributed by atoms with E-state index in [1.807, 2.05) is 23.1 Å². The Hall–Kier alpha value is -2.96. The molecule has 0 unspecified atom stereocenters. The van der Waals surface area contributed by atoms with Crippen molar-refractivity contribution in [3.8, 4) is 5.75 Å². The number of rotatable bonds is 7. The number of halogens is 2. The van der Waals surface area contributed by atoms with E-state index in [0.29, 0.717) is 24.2 Å². The van der Waals surface area contributed by atoms with E-state index in [1.165, 1.54) is 12.1 Å². The zero-order valence-corrected chi connectivity index (χ0v) is 14.7. The van der Waals surface area contributed by atoms with E-state index in [0.717, 1.165) is 18.5 Å². The molecule has 0 spiro atoms. The molecule has 2 aromatic carbocycles. The number of hydrogen-bond acceptors (Lipinski definition) is 3. The van der Waals surface area contributed by atoms with Gasteiger partial charge in [0.15, 0.2) is 0 Å². The van der Waals surface area contributed by atoms with Crippen LogP contribution in [0.15, 0.2) is 48.5 Å². The first-order valence-electron chi connectivity index (χ1n) is 8.70. The average molecular weight is 374 g/mol. The highest BCUT2D eigenvalue weighted by molar-refractivity contribution is 5.92. The molecule has 1 aliphatic heterocycles. The minimum Gasteiger partial charge on any atom is -0.435 e. The number of nitrogens with zero attached hydrogens (tertiary/aromatic N) is 1. The quantitative estimate of drug-likeness (QED) is 0.806. The van der Waals surface area contributed by atoms with Crippen LogP contribution >= 0.6 is 0 Å². The molecule has 0 radical (unpaired) electrons. The van der Waals surface area contributed by atoms with Crippen LogP contribution in [0.2, 0.25) is 0 Å². The molecular weight excluding hydrogens is 354 g/mol. The molecule has 0 atom stereocenters. The summed E-state index contributed by atoms with van der Waals surface area (Å²) in [7, 11) is 0. The number of nitrogens with one attached hydrogen (secondary N) is 1. The molecular formula is C20H20F2N2O3. The average Bonchev–Trinajstić information content (AvgIpc) is 3.01. The second-order valence-electron chi connectivity index (χ2n) is 6.37. The predicted molar refractivity (Wildman–Crippen MR) is 96.5 cm³/mol. The molecule has 7 heteroatoms. The van der Waals surface area contributed by atoms with Gasteiger partial charge in [0.1, 0.15) is 5.75 Å². The lowest BCUT2D eigenvalue weighted by Gasteiger charge is -2.16. The smallest absolute Gasteiger partial charge is 0.387 e. The lowest BCUT2D eigenvalue weighted by atomic mass is 10.1. The van der Waals surface area contributed by atoms with Crippen LogP contribution in [0.4, 0.5) is 14.5 Å². The van der Waals surface area contributed by atoms with Crippen LogP contribution in [0.1, 0.15) is 24.0 Å². The largest absolute Gasteiger partial charge is 0.435 e. The summed E-state index contributed by atoms with van der Waals surface area (Å²) >= 11 is 0. The van der Waals surface area contributed by atoms with Crippen LogP contribution in [0, 0.1) is 0 Å². The van der Waals surface area contributed by atoms with E-state index in [2.05, 4.69) is 10.1 Å². The monoisotopic (exact) mass is 374 g/mol. The fraction of sp³-hybridized carbons (Fsp3) is 0.300. The zero-order valence-electron chi connectivity index (χ0n) is 14.7. The third-order valence-electron chi connectivity index (χ3n) is 4.27. The van der Waals surface area contributed by atoms with Gasteiger partial charge in [-0.15, -0.1) is 0 Å². The summed E-state index contributed by atoms with van der Waals surface area (Å²) in [6.07, 6.45) is 1.60. The molecule has 1 fully saturated rings. The van der Waals surface area contributed by atoms with Crippen molar-refractivity contribution in [3.63, 3.8) is 0 Å². The van der Waals surface area contributed by atoms with Gasteiger partial charge in [0.25, 0.3) is 0 Å². The van der Waals surface area contributed by atoms with Crippen molar-refractivity contribution in [2.75, 3.05) is 11.9 Å². The van der Waals surface area contributed by atoms with Crippen molar-refractivity contribution in [2.24, 2.45) is 0 Å².